The summed E-state index contributed by atoms with van der Waals surface area (Å²) < 4.78 is 7.49. The highest BCUT2D eigenvalue weighted by Gasteiger charge is 2.19. The van der Waals surface area contributed by atoms with E-state index in [2.05, 4.69) is 16.7 Å². The lowest BCUT2D eigenvalue weighted by atomic mass is 10.0. The van der Waals surface area contributed by atoms with Crippen molar-refractivity contribution in [3.8, 4) is 5.75 Å². The lowest BCUT2D eigenvalue weighted by Crippen LogP contribution is -2.10. The Morgan fingerprint density at radius 1 is 1.12 bits per heavy atom. The van der Waals surface area contributed by atoms with Gasteiger partial charge in [0.1, 0.15) is 18.0 Å². The van der Waals surface area contributed by atoms with Crippen LogP contribution in [-0.2, 0) is 22.6 Å². The minimum Gasteiger partial charge on any atom is -0.497 e. The smallest absolute Gasteiger partial charge is 0.310 e. The molecule has 3 aromatic rings. The maximum atomic E-state index is 12.1. The number of carbonyl (C=O) groups is 2. The molecule has 0 fully saturated rings. The normalized spacial score (nSPS) is 10.8. The summed E-state index contributed by atoms with van der Waals surface area (Å²) in [6.45, 7) is 2.65. The van der Waals surface area contributed by atoms with Gasteiger partial charge in [-0.1, -0.05) is 30.3 Å². The fourth-order valence-electron chi connectivity index (χ4n) is 3.28. The Labute approximate surface area is 151 Å². The van der Waals surface area contributed by atoms with E-state index in [0.717, 1.165) is 27.7 Å². The topological polar surface area (TPSA) is 68.5 Å². The largest absolute Gasteiger partial charge is 0.497 e. The van der Waals surface area contributed by atoms with Crippen molar-refractivity contribution in [1.29, 1.82) is 0 Å². The van der Waals surface area contributed by atoms with Crippen LogP contribution >= 0.6 is 0 Å². The SMILES string of the molecule is COc1ccc2c(c1)c(CC(=O)CC(=O)O)c(C)n2Cc1ccccc1. The van der Waals surface area contributed by atoms with Crippen LogP contribution in [0.25, 0.3) is 10.9 Å². The van der Waals surface area contributed by atoms with E-state index in [1.807, 2.05) is 43.3 Å². The average molecular weight is 351 g/mol. The first-order chi connectivity index (χ1) is 12.5. The lowest BCUT2D eigenvalue weighted by Gasteiger charge is -2.09. The highest BCUT2D eigenvalue weighted by atomic mass is 16.5. The van der Waals surface area contributed by atoms with Crippen molar-refractivity contribution in [2.75, 3.05) is 7.11 Å². The molecular weight excluding hydrogens is 330 g/mol. The molecule has 0 amide bonds. The molecule has 0 bridgehead atoms. The van der Waals surface area contributed by atoms with Crippen molar-refractivity contribution in [1.82, 2.24) is 4.57 Å². The second kappa shape index (κ2) is 7.44. The molecule has 26 heavy (non-hydrogen) atoms. The van der Waals surface area contributed by atoms with E-state index in [0.29, 0.717) is 12.3 Å². The van der Waals surface area contributed by atoms with Crippen molar-refractivity contribution in [3.63, 3.8) is 0 Å². The molecule has 0 atom stereocenters. The molecule has 0 aliphatic carbocycles. The van der Waals surface area contributed by atoms with E-state index in [4.69, 9.17) is 9.84 Å². The van der Waals surface area contributed by atoms with Crippen LogP contribution in [-0.4, -0.2) is 28.5 Å². The Kier molecular flexibility index (Phi) is 5.07. The van der Waals surface area contributed by atoms with Gasteiger partial charge < -0.3 is 14.4 Å². The number of hydrogen-bond acceptors (Lipinski definition) is 3. The highest BCUT2D eigenvalue weighted by Crippen LogP contribution is 2.30. The van der Waals surface area contributed by atoms with Crippen LogP contribution in [0, 0.1) is 6.92 Å². The Bertz CT molecular complexity index is 957. The Balaban J connectivity index is 2.08. The van der Waals surface area contributed by atoms with Gasteiger partial charge in [-0.25, -0.2) is 0 Å². The minimum absolute atomic E-state index is 0.101. The van der Waals surface area contributed by atoms with Gasteiger partial charge in [0.15, 0.2) is 0 Å². The van der Waals surface area contributed by atoms with Crippen LogP contribution in [0.15, 0.2) is 48.5 Å². The molecule has 0 aliphatic rings. The summed E-state index contributed by atoms with van der Waals surface area (Å²) in [6, 6.07) is 15.9. The summed E-state index contributed by atoms with van der Waals surface area (Å²) in [5.74, 6) is -0.693. The first-order valence-electron chi connectivity index (χ1n) is 8.42. The van der Waals surface area contributed by atoms with Crippen LogP contribution in [0.1, 0.15) is 23.2 Å². The summed E-state index contributed by atoms with van der Waals surface area (Å²) in [4.78, 5) is 23.0. The molecule has 0 saturated heterocycles. The number of carbonyl (C=O) groups excluding carboxylic acids is 1. The van der Waals surface area contributed by atoms with Crippen LogP contribution in [0.2, 0.25) is 0 Å². The van der Waals surface area contributed by atoms with Gasteiger partial charge >= 0.3 is 5.97 Å². The lowest BCUT2D eigenvalue weighted by molar-refractivity contribution is -0.140. The van der Waals surface area contributed by atoms with Crippen LogP contribution < -0.4 is 4.74 Å². The number of aromatic nitrogens is 1. The molecule has 2 aromatic carbocycles. The maximum Gasteiger partial charge on any atom is 0.310 e. The van der Waals surface area contributed by atoms with Crippen LogP contribution in [0.3, 0.4) is 0 Å². The number of carboxylic acid groups (broad SMARTS) is 1. The van der Waals surface area contributed by atoms with Crippen molar-refractivity contribution < 1.29 is 19.4 Å². The summed E-state index contributed by atoms with van der Waals surface area (Å²) in [6.07, 6.45) is -0.363. The number of aliphatic carboxylic acids is 1. The number of methoxy groups -OCH3 is 1. The summed E-state index contributed by atoms with van der Waals surface area (Å²) in [5.41, 5.74) is 3.99. The van der Waals surface area contributed by atoms with Gasteiger partial charge in [-0.3, -0.25) is 9.59 Å². The van der Waals surface area contributed by atoms with E-state index < -0.39 is 12.4 Å². The summed E-state index contributed by atoms with van der Waals surface area (Å²) in [7, 11) is 1.60. The fourth-order valence-corrected chi connectivity index (χ4v) is 3.28. The molecular formula is C21H21NO4. The van der Waals surface area contributed by atoms with Gasteiger partial charge in [-0.2, -0.15) is 0 Å². The molecule has 134 valence electrons. The first kappa shape index (κ1) is 17.7. The molecule has 0 radical (unpaired) electrons. The van der Waals surface area contributed by atoms with Gasteiger partial charge in [0.05, 0.1) is 7.11 Å². The van der Waals surface area contributed by atoms with E-state index in [1.165, 1.54) is 0 Å². The Morgan fingerprint density at radius 3 is 2.50 bits per heavy atom. The molecule has 3 rings (SSSR count). The molecule has 5 nitrogen and oxygen atoms in total. The van der Waals surface area contributed by atoms with Crippen molar-refractivity contribution >= 4 is 22.7 Å². The molecule has 1 aromatic heterocycles. The number of rotatable bonds is 7. The Hall–Kier alpha value is -3.08. The fraction of sp³-hybridized carbons (Fsp3) is 0.238. The number of hydrogen-bond donors (Lipinski definition) is 1. The van der Waals surface area contributed by atoms with Gasteiger partial charge in [-0.15, -0.1) is 0 Å². The summed E-state index contributed by atoms with van der Waals surface area (Å²) >= 11 is 0. The zero-order valence-electron chi connectivity index (χ0n) is 14.9. The first-order valence-corrected chi connectivity index (χ1v) is 8.42. The van der Waals surface area contributed by atoms with Crippen molar-refractivity contribution in [3.05, 3.63) is 65.4 Å². The van der Waals surface area contributed by atoms with Crippen LogP contribution in [0.4, 0.5) is 0 Å². The molecule has 0 spiro atoms. The molecule has 0 saturated carbocycles. The van der Waals surface area contributed by atoms with E-state index in [1.54, 1.807) is 7.11 Å². The average Bonchev–Trinajstić information content (AvgIpc) is 2.87. The maximum absolute atomic E-state index is 12.1. The molecule has 1 N–H and O–H groups in total. The number of ketones is 1. The number of fused-ring (bicyclic) bond motifs is 1. The zero-order valence-corrected chi connectivity index (χ0v) is 14.9. The highest BCUT2D eigenvalue weighted by molar-refractivity contribution is 5.98. The number of nitrogens with zero attached hydrogens (tertiary/aromatic N) is 1. The molecule has 0 aliphatic heterocycles. The van der Waals surface area contributed by atoms with Crippen molar-refractivity contribution in [2.45, 2.75) is 26.3 Å². The monoisotopic (exact) mass is 351 g/mol. The summed E-state index contributed by atoms with van der Waals surface area (Å²) in [5, 5.41) is 9.81. The van der Waals surface area contributed by atoms with E-state index in [9.17, 15) is 9.59 Å². The van der Waals surface area contributed by atoms with Crippen LogP contribution in [0.5, 0.6) is 5.75 Å². The number of benzene rings is 2. The number of Topliss-reactive ketones (excluding diaryl/α,β-unsaturated/α-hetero) is 1. The van der Waals surface area contributed by atoms with E-state index >= 15 is 0 Å². The third kappa shape index (κ3) is 3.61. The second-order valence-corrected chi connectivity index (χ2v) is 6.30. The van der Waals surface area contributed by atoms with E-state index in [-0.39, 0.29) is 12.2 Å². The molecule has 1 heterocycles. The van der Waals surface area contributed by atoms with Gasteiger partial charge in [0.2, 0.25) is 0 Å². The van der Waals surface area contributed by atoms with Gasteiger partial charge in [-0.05, 0) is 36.2 Å². The van der Waals surface area contributed by atoms with Gasteiger partial charge in [0, 0.05) is 29.6 Å². The molecule has 5 heteroatoms. The molecule has 0 unspecified atom stereocenters. The van der Waals surface area contributed by atoms with Gasteiger partial charge in [0.25, 0.3) is 0 Å². The Morgan fingerprint density at radius 2 is 1.85 bits per heavy atom. The predicted octanol–water partition coefficient (Wildman–Crippen LogP) is 3.59. The third-order valence-electron chi connectivity index (χ3n) is 4.57. The predicted molar refractivity (Wildman–Crippen MR) is 99.7 cm³/mol. The third-order valence-corrected chi connectivity index (χ3v) is 4.57. The number of carboxylic acids is 1. The quantitative estimate of drug-likeness (QED) is 0.661. The minimum atomic E-state index is -1.10. The van der Waals surface area contributed by atoms with Crippen molar-refractivity contribution in [2.24, 2.45) is 0 Å². The standard InChI is InChI=1S/C21H21NO4/c1-14-18(10-16(23)11-21(24)25)19-12-17(26-2)8-9-20(19)22(14)13-15-6-4-3-5-7-15/h3-9,12H,10-11,13H2,1-2H3,(H,24,25). The second-order valence-electron chi connectivity index (χ2n) is 6.30. The number of ether oxygens (including phenoxy) is 1. The zero-order chi connectivity index (χ0) is 18.7.